The van der Waals surface area contributed by atoms with Crippen LogP contribution < -0.4 is 0 Å². The van der Waals surface area contributed by atoms with Crippen LogP contribution in [-0.2, 0) is 19.1 Å². The average Bonchev–Trinajstić information content (AvgIpc) is 2.50. The maximum Gasteiger partial charge on any atom is 0.340 e. The fourth-order valence-corrected chi connectivity index (χ4v) is 1.56. The van der Waals surface area contributed by atoms with E-state index in [1.54, 1.807) is 0 Å². The third-order valence-electron chi connectivity index (χ3n) is 2.92. The predicted molar refractivity (Wildman–Crippen MR) is 75.4 cm³/mol. The molecule has 0 aromatic heterocycles. The predicted octanol–water partition coefficient (Wildman–Crippen LogP) is 3.89. The fourth-order valence-electron chi connectivity index (χ4n) is 1.56. The molecule has 0 rings (SSSR count). The number of hydrogen-bond acceptors (Lipinski definition) is 4. The third-order valence-corrected chi connectivity index (χ3v) is 2.92. The highest BCUT2D eigenvalue weighted by atomic mass is 19.3. The lowest BCUT2D eigenvalue weighted by molar-refractivity contribution is -0.180. The molecule has 0 fully saturated rings. The Morgan fingerprint density at radius 2 is 1.78 bits per heavy atom. The van der Waals surface area contributed by atoms with Crippen molar-refractivity contribution >= 4 is 11.9 Å². The van der Waals surface area contributed by atoms with Gasteiger partial charge in [0.2, 0.25) is 0 Å². The van der Waals surface area contributed by atoms with Gasteiger partial charge in [0.05, 0.1) is 12.8 Å². The molecule has 134 valence electrons. The Morgan fingerprint density at radius 3 is 2.30 bits per heavy atom. The third kappa shape index (κ3) is 9.91. The Kier molecular flexibility index (Phi) is 10.2. The first-order valence-corrected chi connectivity index (χ1v) is 7.36. The first-order chi connectivity index (χ1) is 10.7. The molecule has 1 atom stereocenters. The van der Waals surface area contributed by atoms with E-state index in [1.807, 2.05) is 6.92 Å². The van der Waals surface area contributed by atoms with Crippen molar-refractivity contribution in [2.75, 3.05) is 6.61 Å². The molecule has 0 bridgehead atoms. The van der Waals surface area contributed by atoms with Gasteiger partial charge in [0.1, 0.15) is 6.10 Å². The summed E-state index contributed by atoms with van der Waals surface area (Å²) in [6.45, 7) is 3.85. The van der Waals surface area contributed by atoms with Gasteiger partial charge in [-0.05, 0) is 12.8 Å². The van der Waals surface area contributed by atoms with Crippen LogP contribution in [-0.4, -0.2) is 37.0 Å². The van der Waals surface area contributed by atoms with Crippen LogP contribution >= 0.6 is 0 Å². The molecule has 0 aliphatic heterocycles. The molecule has 0 amide bonds. The number of halogens is 4. The molecule has 0 spiro atoms. The second-order valence-corrected chi connectivity index (χ2v) is 4.98. The molecule has 0 aromatic carbocycles. The Bertz CT molecular complexity index is 386. The lowest BCUT2D eigenvalue weighted by Gasteiger charge is -2.15. The van der Waals surface area contributed by atoms with Gasteiger partial charge in [-0.1, -0.05) is 32.4 Å². The molecule has 23 heavy (non-hydrogen) atoms. The van der Waals surface area contributed by atoms with Crippen molar-refractivity contribution in [3.05, 3.63) is 12.7 Å². The van der Waals surface area contributed by atoms with Crippen LogP contribution in [0.15, 0.2) is 12.7 Å². The van der Waals surface area contributed by atoms with Gasteiger partial charge in [0.25, 0.3) is 0 Å². The maximum absolute atomic E-state index is 12.5. The summed E-state index contributed by atoms with van der Waals surface area (Å²) in [6, 6.07) is 0. The van der Waals surface area contributed by atoms with E-state index < -0.39 is 43.4 Å². The smallest absolute Gasteiger partial charge is 0.340 e. The molecule has 0 saturated heterocycles. The molecule has 0 heterocycles. The number of alkyl halides is 4. The second kappa shape index (κ2) is 11.0. The summed E-state index contributed by atoms with van der Waals surface area (Å²) in [5, 5.41) is 0. The Hall–Kier alpha value is -1.60. The summed E-state index contributed by atoms with van der Waals surface area (Å²) < 4.78 is 57.9. The lowest BCUT2D eigenvalue weighted by Crippen LogP contribution is -2.33. The van der Waals surface area contributed by atoms with Crippen molar-refractivity contribution in [1.29, 1.82) is 0 Å². The minimum Gasteiger partial charge on any atom is -0.459 e. The van der Waals surface area contributed by atoms with E-state index in [9.17, 15) is 27.2 Å². The highest BCUT2D eigenvalue weighted by Gasteiger charge is 2.42. The summed E-state index contributed by atoms with van der Waals surface area (Å²) in [5.74, 6) is -6.27. The van der Waals surface area contributed by atoms with E-state index in [2.05, 4.69) is 11.3 Å². The normalized spacial score (nSPS) is 12.8. The van der Waals surface area contributed by atoms with E-state index in [0.717, 1.165) is 19.3 Å². The lowest BCUT2D eigenvalue weighted by atomic mass is 10.1. The van der Waals surface area contributed by atoms with Gasteiger partial charge in [-0.2, -0.15) is 8.78 Å². The molecule has 0 radical (unpaired) electrons. The zero-order valence-corrected chi connectivity index (χ0v) is 13.0. The van der Waals surface area contributed by atoms with Gasteiger partial charge in [-0.25, -0.2) is 8.78 Å². The van der Waals surface area contributed by atoms with Crippen LogP contribution in [0.1, 0.15) is 45.4 Å². The number of hydrogen-bond donors (Lipinski definition) is 0. The van der Waals surface area contributed by atoms with E-state index >= 15 is 0 Å². The number of carbonyl (C=O) groups excluding carboxylic acids is 2. The van der Waals surface area contributed by atoms with Gasteiger partial charge in [-0.3, -0.25) is 9.59 Å². The number of unbranched alkanes of at least 4 members (excludes halogenated alkanes) is 2. The average molecular weight is 342 g/mol. The Morgan fingerprint density at radius 1 is 1.17 bits per heavy atom. The molecule has 8 heteroatoms. The van der Waals surface area contributed by atoms with E-state index in [1.165, 1.54) is 6.08 Å². The summed E-state index contributed by atoms with van der Waals surface area (Å²) in [6.07, 6.45) is -0.382. The number of esters is 2. The standard InChI is InChI=1S/C15H22F4O4/c1-3-5-6-7-11(4-2)23-13(21)9-8-12(20)22-10-15(18,19)14(16)17/h4,11,14H,2-3,5-10H2,1H3. The van der Waals surface area contributed by atoms with Gasteiger partial charge >= 0.3 is 24.3 Å². The van der Waals surface area contributed by atoms with Crippen LogP contribution in [0, 0.1) is 0 Å². The molecular weight excluding hydrogens is 320 g/mol. The second-order valence-electron chi connectivity index (χ2n) is 4.98. The molecule has 0 N–H and O–H groups in total. The van der Waals surface area contributed by atoms with Crippen molar-refractivity contribution in [3.8, 4) is 0 Å². The zero-order valence-electron chi connectivity index (χ0n) is 13.0. The van der Waals surface area contributed by atoms with Crippen molar-refractivity contribution in [3.63, 3.8) is 0 Å². The van der Waals surface area contributed by atoms with Crippen molar-refractivity contribution in [2.45, 2.75) is 63.9 Å². The summed E-state index contributed by atoms with van der Waals surface area (Å²) in [5.41, 5.74) is 0. The maximum atomic E-state index is 12.5. The van der Waals surface area contributed by atoms with Crippen molar-refractivity contribution in [1.82, 2.24) is 0 Å². The quantitative estimate of drug-likeness (QED) is 0.234. The fraction of sp³-hybridized carbons (Fsp3) is 0.733. The minimum atomic E-state index is -4.40. The van der Waals surface area contributed by atoms with Gasteiger partial charge in [-0.15, -0.1) is 0 Å². The van der Waals surface area contributed by atoms with Crippen molar-refractivity contribution < 1.29 is 36.6 Å². The Balaban J connectivity index is 4.03. The highest BCUT2D eigenvalue weighted by Crippen LogP contribution is 2.23. The molecule has 4 nitrogen and oxygen atoms in total. The molecule has 0 saturated carbocycles. The number of carbonyl (C=O) groups is 2. The highest BCUT2D eigenvalue weighted by molar-refractivity contribution is 5.77. The topological polar surface area (TPSA) is 52.6 Å². The summed E-state index contributed by atoms with van der Waals surface area (Å²) in [4.78, 5) is 22.7. The molecule has 0 aromatic rings. The Labute approximate surface area is 132 Å². The minimum absolute atomic E-state index is 0.378. The number of rotatable bonds is 12. The zero-order chi connectivity index (χ0) is 17.9. The largest absolute Gasteiger partial charge is 0.459 e. The number of ether oxygens (including phenoxy) is 2. The van der Waals surface area contributed by atoms with Crippen LogP contribution in [0.2, 0.25) is 0 Å². The van der Waals surface area contributed by atoms with Gasteiger partial charge < -0.3 is 9.47 Å². The van der Waals surface area contributed by atoms with E-state index in [4.69, 9.17) is 4.74 Å². The van der Waals surface area contributed by atoms with Crippen molar-refractivity contribution in [2.24, 2.45) is 0 Å². The SMILES string of the molecule is C=CC(CCCCC)OC(=O)CCC(=O)OCC(F)(F)C(F)F. The summed E-state index contributed by atoms with van der Waals surface area (Å²) >= 11 is 0. The van der Waals surface area contributed by atoms with E-state index in [-0.39, 0.29) is 6.42 Å². The van der Waals surface area contributed by atoms with E-state index in [0.29, 0.717) is 6.42 Å². The van der Waals surface area contributed by atoms with Crippen LogP contribution in [0.3, 0.4) is 0 Å². The monoisotopic (exact) mass is 342 g/mol. The first kappa shape index (κ1) is 21.4. The van der Waals surface area contributed by atoms with Gasteiger partial charge in [0.15, 0.2) is 6.61 Å². The van der Waals surface area contributed by atoms with Crippen LogP contribution in [0.5, 0.6) is 0 Å². The van der Waals surface area contributed by atoms with Crippen LogP contribution in [0.25, 0.3) is 0 Å². The molecule has 0 aliphatic carbocycles. The molecule has 0 aliphatic rings. The van der Waals surface area contributed by atoms with Crippen LogP contribution in [0.4, 0.5) is 17.6 Å². The van der Waals surface area contributed by atoms with Gasteiger partial charge in [0, 0.05) is 0 Å². The summed E-state index contributed by atoms with van der Waals surface area (Å²) in [7, 11) is 0. The molecular formula is C15H22F4O4. The first-order valence-electron chi connectivity index (χ1n) is 7.36. The molecule has 1 unspecified atom stereocenters.